The van der Waals surface area contributed by atoms with Crippen LogP contribution in [0.4, 0.5) is 0 Å². The van der Waals surface area contributed by atoms with E-state index in [0.29, 0.717) is 5.56 Å². The molecule has 0 aliphatic heterocycles. The van der Waals surface area contributed by atoms with Gasteiger partial charge in [-0.2, -0.15) is 0 Å². The van der Waals surface area contributed by atoms with Gasteiger partial charge in [0.25, 0.3) is 10.0 Å². The molecule has 0 atom stereocenters. The number of pyridine rings is 1. The molecule has 0 unspecified atom stereocenters. The molecule has 0 bridgehead atoms. The molecule has 0 radical (unpaired) electrons. The molecule has 1 aromatic heterocycles. The summed E-state index contributed by atoms with van der Waals surface area (Å²) in [5.41, 5.74) is 5.97. The van der Waals surface area contributed by atoms with Gasteiger partial charge in [-0.1, -0.05) is 0 Å². The third kappa shape index (κ3) is 3.20. The van der Waals surface area contributed by atoms with E-state index in [1.165, 1.54) is 12.4 Å². The Morgan fingerprint density at radius 3 is 2.46 bits per heavy atom. The van der Waals surface area contributed by atoms with Gasteiger partial charge in [-0.15, -0.1) is 4.40 Å². The van der Waals surface area contributed by atoms with Crippen molar-refractivity contribution < 1.29 is 8.42 Å². The summed E-state index contributed by atoms with van der Waals surface area (Å²) in [6, 6.07) is 3.17. The topological polar surface area (TPSA) is 85.4 Å². The average molecular weight is 199 g/mol. The molecule has 0 saturated carbocycles. The van der Waals surface area contributed by atoms with Crippen LogP contribution in [0.15, 0.2) is 28.9 Å². The van der Waals surface area contributed by atoms with Crippen LogP contribution in [0.5, 0.6) is 0 Å². The maximum Gasteiger partial charge on any atom is 0.252 e. The minimum absolute atomic E-state index is 0.0232. The molecule has 70 valence electrons. The zero-order valence-corrected chi connectivity index (χ0v) is 7.82. The average Bonchev–Trinajstić information content (AvgIpc) is 2.03. The van der Waals surface area contributed by atoms with E-state index in [9.17, 15) is 8.42 Å². The first-order valence-electron chi connectivity index (χ1n) is 3.45. The monoisotopic (exact) mass is 199 g/mol. The highest BCUT2D eigenvalue weighted by atomic mass is 32.2. The quantitative estimate of drug-likeness (QED) is 0.525. The lowest BCUT2D eigenvalue weighted by Gasteiger charge is -1.97. The largest absolute Gasteiger partial charge is 0.383 e. The Balaban J connectivity index is 3.06. The van der Waals surface area contributed by atoms with E-state index in [0.717, 1.165) is 6.26 Å². The summed E-state index contributed by atoms with van der Waals surface area (Å²) in [6.45, 7) is 0. The second-order valence-corrected chi connectivity index (χ2v) is 4.09. The van der Waals surface area contributed by atoms with Gasteiger partial charge in [-0.25, -0.2) is 8.42 Å². The van der Waals surface area contributed by atoms with Crippen molar-refractivity contribution in [3.8, 4) is 0 Å². The van der Waals surface area contributed by atoms with Crippen LogP contribution in [-0.2, 0) is 10.0 Å². The number of nitrogens with two attached hydrogens (primary N) is 1. The molecule has 0 spiro atoms. The van der Waals surface area contributed by atoms with E-state index < -0.39 is 10.0 Å². The van der Waals surface area contributed by atoms with Gasteiger partial charge in [-0.05, 0) is 12.1 Å². The van der Waals surface area contributed by atoms with Crippen LogP contribution < -0.4 is 5.73 Å². The van der Waals surface area contributed by atoms with E-state index in [4.69, 9.17) is 5.73 Å². The molecule has 0 fully saturated rings. The van der Waals surface area contributed by atoms with Crippen molar-refractivity contribution in [3.05, 3.63) is 30.1 Å². The normalized spacial score (nSPS) is 12.8. The van der Waals surface area contributed by atoms with E-state index in [1.807, 2.05) is 0 Å². The molecule has 2 N–H and O–H groups in total. The summed E-state index contributed by atoms with van der Waals surface area (Å²) in [5, 5.41) is 0. The minimum atomic E-state index is -3.43. The molecule has 0 aliphatic rings. The molecule has 13 heavy (non-hydrogen) atoms. The predicted molar refractivity (Wildman–Crippen MR) is 49.8 cm³/mol. The van der Waals surface area contributed by atoms with Gasteiger partial charge in [0.2, 0.25) is 0 Å². The third-order valence-corrected chi connectivity index (χ3v) is 1.77. The maximum atomic E-state index is 10.7. The van der Waals surface area contributed by atoms with Gasteiger partial charge in [0.05, 0.1) is 6.26 Å². The maximum absolute atomic E-state index is 10.7. The van der Waals surface area contributed by atoms with Crippen molar-refractivity contribution in [2.45, 2.75) is 0 Å². The SMILES string of the molecule is CS(=O)(=O)/N=C(\N)c1ccncc1. The number of hydrogen-bond donors (Lipinski definition) is 1. The van der Waals surface area contributed by atoms with Crippen LogP contribution in [0.3, 0.4) is 0 Å². The van der Waals surface area contributed by atoms with Gasteiger partial charge < -0.3 is 5.73 Å². The molecule has 0 amide bonds. The zero-order valence-electron chi connectivity index (χ0n) is 7.01. The van der Waals surface area contributed by atoms with Crippen LogP contribution in [0, 0.1) is 0 Å². The third-order valence-electron chi connectivity index (χ3n) is 1.24. The van der Waals surface area contributed by atoms with Gasteiger partial charge in [0, 0.05) is 18.0 Å². The van der Waals surface area contributed by atoms with Crippen LogP contribution in [0.25, 0.3) is 0 Å². The Labute approximate surface area is 76.4 Å². The van der Waals surface area contributed by atoms with Crippen LogP contribution in [-0.4, -0.2) is 25.5 Å². The Hall–Kier alpha value is -1.43. The van der Waals surface area contributed by atoms with E-state index in [2.05, 4.69) is 9.38 Å². The van der Waals surface area contributed by atoms with Crippen molar-refractivity contribution in [1.82, 2.24) is 4.98 Å². The first kappa shape index (κ1) is 9.66. The number of nitrogens with zero attached hydrogens (tertiary/aromatic N) is 2. The molecule has 0 saturated heterocycles. The van der Waals surface area contributed by atoms with Crippen molar-refractivity contribution in [3.63, 3.8) is 0 Å². The molecular weight excluding hydrogens is 190 g/mol. The van der Waals surface area contributed by atoms with Crippen LogP contribution in [0.1, 0.15) is 5.56 Å². The van der Waals surface area contributed by atoms with Gasteiger partial charge >= 0.3 is 0 Å². The molecule has 0 aromatic carbocycles. The van der Waals surface area contributed by atoms with Crippen molar-refractivity contribution >= 4 is 15.9 Å². The Morgan fingerprint density at radius 1 is 1.46 bits per heavy atom. The first-order valence-corrected chi connectivity index (χ1v) is 5.30. The predicted octanol–water partition coefficient (Wildman–Crippen LogP) is -0.254. The summed E-state index contributed by atoms with van der Waals surface area (Å²) in [4.78, 5) is 3.76. The minimum Gasteiger partial charge on any atom is -0.383 e. The molecule has 5 nitrogen and oxygen atoms in total. The lowest BCUT2D eigenvalue weighted by atomic mass is 10.2. The first-order chi connectivity index (χ1) is 5.99. The second-order valence-electron chi connectivity index (χ2n) is 2.45. The van der Waals surface area contributed by atoms with Gasteiger partial charge in [0.15, 0.2) is 0 Å². The number of rotatable bonds is 2. The summed E-state index contributed by atoms with van der Waals surface area (Å²) < 4.78 is 24.8. The highest BCUT2D eigenvalue weighted by Crippen LogP contribution is 1.97. The van der Waals surface area contributed by atoms with Crippen molar-refractivity contribution in [2.24, 2.45) is 10.1 Å². The van der Waals surface area contributed by atoms with Crippen LogP contribution >= 0.6 is 0 Å². The van der Waals surface area contributed by atoms with E-state index in [1.54, 1.807) is 12.1 Å². The summed E-state index contributed by atoms with van der Waals surface area (Å²) in [7, 11) is -3.43. The van der Waals surface area contributed by atoms with E-state index >= 15 is 0 Å². The lowest BCUT2D eigenvalue weighted by molar-refractivity contribution is 0.603. The summed E-state index contributed by atoms with van der Waals surface area (Å²) in [5.74, 6) is -0.0232. The molecule has 0 aliphatic carbocycles. The fourth-order valence-corrected chi connectivity index (χ4v) is 1.22. The van der Waals surface area contributed by atoms with Crippen LogP contribution in [0.2, 0.25) is 0 Å². The van der Waals surface area contributed by atoms with Crippen molar-refractivity contribution in [2.75, 3.05) is 6.26 Å². The van der Waals surface area contributed by atoms with Gasteiger partial charge in [0.1, 0.15) is 5.84 Å². The van der Waals surface area contributed by atoms with Gasteiger partial charge in [-0.3, -0.25) is 4.98 Å². The standard InChI is InChI=1S/C7H9N3O2S/c1-13(11,12)10-7(8)6-2-4-9-5-3-6/h2-5H,1H3,(H2,8,10). The number of aromatic nitrogens is 1. The lowest BCUT2D eigenvalue weighted by Crippen LogP contribution is -2.15. The van der Waals surface area contributed by atoms with E-state index in [-0.39, 0.29) is 5.84 Å². The second kappa shape index (κ2) is 3.53. The molecule has 1 heterocycles. The Morgan fingerprint density at radius 2 is 2.00 bits per heavy atom. The highest BCUT2D eigenvalue weighted by molar-refractivity contribution is 7.89. The summed E-state index contributed by atoms with van der Waals surface area (Å²) >= 11 is 0. The number of hydrogen-bond acceptors (Lipinski definition) is 3. The highest BCUT2D eigenvalue weighted by Gasteiger charge is 2.01. The fourth-order valence-electron chi connectivity index (χ4n) is 0.754. The fraction of sp³-hybridized carbons (Fsp3) is 0.143. The number of amidine groups is 1. The smallest absolute Gasteiger partial charge is 0.252 e. The van der Waals surface area contributed by atoms with Crippen molar-refractivity contribution in [1.29, 1.82) is 0 Å². The Bertz CT molecular complexity index is 411. The Kier molecular flexibility index (Phi) is 2.62. The molecule has 1 rings (SSSR count). The molecular formula is C7H9N3O2S. The number of sulfonamides is 1. The molecule has 1 aromatic rings. The molecule has 6 heteroatoms. The summed E-state index contributed by atoms with van der Waals surface area (Å²) in [6.07, 6.45) is 4.01. The zero-order chi connectivity index (χ0) is 9.90.